The number of hydrogen-bond donors (Lipinski definition) is 1. The van der Waals surface area contributed by atoms with Crippen LogP contribution in [0, 0.1) is 5.82 Å². The van der Waals surface area contributed by atoms with Gasteiger partial charge in [-0.1, -0.05) is 35.9 Å². The molecule has 0 fully saturated rings. The summed E-state index contributed by atoms with van der Waals surface area (Å²) in [5.74, 6) is 0.872. The number of ether oxygens (including phenoxy) is 3. The molecule has 6 nitrogen and oxygen atoms in total. The maximum Gasteiger partial charge on any atom is 0.271 e. The molecule has 1 aliphatic heterocycles. The van der Waals surface area contributed by atoms with Crippen molar-refractivity contribution < 1.29 is 23.4 Å². The van der Waals surface area contributed by atoms with E-state index < -0.39 is 5.82 Å². The molecule has 0 radical (unpaired) electrons. The third kappa shape index (κ3) is 4.83. The molecule has 1 N–H and O–H groups in total. The summed E-state index contributed by atoms with van der Waals surface area (Å²) in [6, 6.07) is 17.3. The van der Waals surface area contributed by atoms with Crippen LogP contribution in [-0.2, 0) is 13.2 Å². The number of nitrogens with zero attached hydrogens (tertiary/aromatic N) is 1. The van der Waals surface area contributed by atoms with Gasteiger partial charge in [-0.3, -0.25) is 4.79 Å². The van der Waals surface area contributed by atoms with Gasteiger partial charge in [-0.15, -0.1) is 11.3 Å². The summed E-state index contributed by atoms with van der Waals surface area (Å²) in [5, 5.41) is 5.41. The van der Waals surface area contributed by atoms with Gasteiger partial charge in [0.25, 0.3) is 5.91 Å². The van der Waals surface area contributed by atoms with E-state index >= 15 is 0 Å². The average Bonchev–Trinajstić information content (AvgIpc) is 3.52. The fourth-order valence-corrected chi connectivity index (χ4v) is 4.38. The highest BCUT2D eigenvalue weighted by molar-refractivity contribution is 7.13. The summed E-state index contributed by atoms with van der Waals surface area (Å²) in [6.45, 7) is 0.718. The van der Waals surface area contributed by atoms with Crippen LogP contribution >= 0.6 is 22.9 Å². The van der Waals surface area contributed by atoms with Crippen LogP contribution in [0.25, 0.3) is 10.6 Å². The molecular weight excluding hydrogens is 479 g/mol. The number of carbonyl (C=O) groups is 1. The summed E-state index contributed by atoms with van der Waals surface area (Å²) in [5.41, 5.74) is 2.19. The zero-order valence-electron chi connectivity index (χ0n) is 17.7. The zero-order chi connectivity index (χ0) is 23.5. The number of aromatic nitrogens is 1. The lowest BCUT2D eigenvalue weighted by molar-refractivity contribution is 0.0946. The summed E-state index contributed by atoms with van der Waals surface area (Å²) >= 11 is 7.32. The molecule has 5 rings (SSSR count). The van der Waals surface area contributed by atoms with Gasteiger partial charge in [-0.2, -0.15) is 0 Å². The van der Waals surface area contributed by atoms with E-state index in [0.717, 1.165) is 11.1 Å². The van der Waals surface area contributed by atoms with E-state index in [1.54, 1.807) is 29.6 Å². The van der Waals surface area contributed by atoms with Gasteiger partial charge in [-0.25, -0.2) is 9.37 Å². The van der Waals surface area contributed by atoms with Crippen molar-refractivity contribution in [3.63, 3.8) is 0 Å². The lowest BCUT2D eigenvalue weighted by Gasteiger charge is -2.09. The largest absolute Gasteiger partial charge is 0.489 e. The summed E-state index contributed by atoms with van der Waals surface area (Å²) in [6.07, 6.45) is 0. The van der Waals surface area contributed by atoms with E-state index in [-0.39, 0.29) is 25.0 Å². The number of hydrogen-bond acceptors (Lipinski definition) is 6. The van der Waals surface area contributed by atoms with E-state index in [1.165, 1.54) is 17.4 Å². The SMILES string of the molecule is O=C(NCc1ccc2c(c1)OCO2)c1csc(-c2ccc(OCc3ccccc3Cl)cc2F)n1. The van der Waals surface area contributed by atoms with Crippen molar-refractivity contribution >= 4 is 28.8 Å². The molecule has 172 valence electrons. The molecule has 0 saturated carbocycles. The first-order valence-electron chi connectivity index (χ1n) is 10.4. The predicted octanol–water partition coefficient (Wildman–Crippen LogP) is 5.84. The third-order valence-electron chi connectivity index (χ3n) is 5.15. The lowest BCUT2D eigenvalue weighted by atomic mass is 10.2. The van der Waals surface area contributed by atoms with E-state index in [4.69, 9.17) is 25.8 Å². The van der Waals surface area contributed by atoms with Crippen molar-refractivity contribution in [3.8, 4) is 27.8 Å². The quantitative estimate of drug-likeness (QED) is 0.348. The van der Waals surface area contributed by atoms with E-state index in [1.807, 2.05) is 30.3 Å². The highest BCUT2D eigenvalue weighted by Gasteiger charge is 2.17. The van der Waals surface area contributed by atoms with Crippen LogP contribution in [0.4, 0.5) is 4.39 Å². The molecule has 3 aromatic carbocycles. The third-order valence-corrected chi connectivity index (χ3v) is 6.39. The van der Waals surface area contributed by atoms with Crippen LogP contribution < -0.4 is 19.5 Å². The molecule has 2 heterocycles. The van der Waals surface area contributed by atoms with Crippen molar-refractivity contribution in [2.45, 2.75) is 13.2 Å². The Kier molecular flexibility index (Phi) is 6.33. The van der Waals surface area contributed by atoms with Crippen LogP contribution in [-0.4, -0.2) is 17.7 Å². The van der Waals surface area contributed by atoms with Crippen LogP contribution in [0.5, 0.6) is 17.2 Å². The second kappa shape index (κ2) is 9.70. The number of halogens is 2. The fourth-order valence-electron chi connectivity index (χ4n) is 3.36. The van der Waals surface area contributed by atoms with E-state index in [2.05, 4.69) is 10.3 Å². The number of benzene rings is 3. The average molecular weight is 497 g/mol. The topological polar surface area (TPSA) is 69.7 Å². The number of nitrogens with one attached hydrogen (secondary N) is 1. The molecule has 4 aromatic rings. The van der Waals surface area contributed by atoms with Crippen LogP contribution in [0.15, 0.2) is 66.0 Å². The van der Waals surface area contributed by atoms with Gasteiger partial charge < -0.3 is 19.5 Å². The molecule has 1 aliphatic rings. The minimum Gasteiger partial charge on any atom is -0.489 e. The minimum atomic E-state index is -0.488. The Hall–Kier alpha value is -3.62. The van der Waals surface area contributed by atoms with Crippen molar-refractivity contribution in [1.29, 1.82) is 0 Å². The summed E-state index contributed by atoms with van der Waals surface area (Å²) in [4.78, 5) is 16.8. The minimum absolute atomic E-state index is 0.192. The highest BCUT2D eigenvalue weighted by atomic mass is 35.5. The maximum absolute atomic E-state index is 14.8. The number of thiazole rings is 1. The Morgan fingerprint density at radius 2 is 1.97 bits per heavy atom. The lowest BCUT2D eigenvalue weighted by Crippen LogP contribution is -2.23. The Morgan fingerprint density at radius 1 is 1.12 bits per heavy atom. The first-order valence-corrected chi connectivity index (χ1v) is 11.6. The molecular formula is C25H18ClFN2O4S. The molecule has 0 atom stereocenters. The fraction of sp³-hybridized carbons (Fsp3) is 0.120. The van der Waals surface area contributed by atoms with Crippen LogP contribution in [0.1, 0.15) is 21.6 Å². The molecule has 0 spiro atoms. The molecule has 0 saturated heterocycles. The van der Waals surface area contributed by atoms with Gasteiger partial charge in [0.15, 0.2) is 11.5 Å². The van der Waals surface area contributed by atoms with E-state index in [0.29, 0.717) is 39.4 Å². The first kappa shape index (κ1) is 22.2. The van der Waals surface area contributed by atoms with Gasteiger partial charge in [0.05, 0.1) is 0 Å². The van der Waals surface area contributed by atoms with Gasteiger partial charge in [-0.05, 0) is 35.9 Å². The number of fused-ring (bicyclic) bond motifs is 1. The van der Waals surface area contributed by atoms with Crippen molar-refractivity contribution in [3.05, 3.63) is 93.7 Å². The number of carbonyl (C=O) groups excluding carboxylic acids is 1. The molecule has 9 heteroatoms. The standard InChI is InChI=1S/C25H18ClFN2O4S/c26-19-4-2-1-3-16(19)12-31-17-6-7-18(20(27)10-17)25-29-21(13-34-25)24(30)28-11-15-5-8-22-23(9-15)33-14-32-22/h1-10,13H,11-12,14H2,(H,28,30). The van der Waals surface area contributed by atoms with Crippen molar-refractivity contribution in [2.24, 2.45) is 0 Å². The number of rotatable bonds is 7. The Bertz CT molecular complexity index is 1360. The van der Waals surface area contributed by atoms with Crippen molar-refractivity contribution in [1.82, 2.24) is 10.3 Å². The second-order valence-corrected chi connectivity index (χ2v) is 8.70. The first-order chi connectivity index (χ1) is 16.6. The second-order valence-electron chi connectivity index (χ2n) is 7.43. The normalized spacial score (nSPS) is 11.9. The summed E-state index contributed by atoms with van der Waals surface area (Å²) in [7, 11) is 0. The molecule has 34 heavy (non-hydrogen) atoms. The van der Waals surface area contributed by atoms with Gasteiger partial charge >= 0.3 is 0 Å². The Labute approximate surface area is 203 Å². The predicted molar refractivity (Wildman–Crippen MR) is 127 cm³/mol. The summed E-state index contributed by atoms with van der Waals surface area (Å²) < 4.78 is 31.1. The molecule has 1 aromatic heterocycles. The van der Waals surface area contributed by atoms with Gasteiger partial charge in [0.1, 0.15) is 28.9 Å². The van der Waals surface area contributed by atoms with Crippen LogP contribution in [0.3, 0.4) is 0 Å². The van der Waals surface area contributed by atoms with Crippen LogP contribution in [0.2, 0.25) is 5.02 Å². The molecule has 0 unspecified atom stereocenters. The number of amides is 1. The smallest absolute Gasteiger partial charge is 0.271 e. The Morgan fingerprint density at radius 3 is 2.82 bits per heavy atom. The highest BCUT2D eigenvalue weighted by Crippen LogP contribution is 2.33. The van der Waals surface area contributed by atoms with Gasteiger partial charge in [0.2, 0.25) is 6.79 Å². The molecule has 0 bridgehead atoms. The monoisotopic (exact) mass is 496 g/mol. The van der Waals surface area contributed by atoms with Gasteiger partial charge in [0, 0.05) is 34.1 Å². The molecule has 0 aliphatic carbocycles. The van der Waals surface area contributed by atoms with E-state index in [9.17, 15) is 9.18 Å². The molecule has 1 amide bonds. The maximum atomic E-state index is 14.8. The Balaban J connectivity index is 1.22. The van der Waals surface area contributed by atoms with Crippen molar-refractivity contribution in [2.75, 3.05) is 6.79 Å². The zero-order valence-corrected chi connectivity index (χ0v) is 19.3.